The molecule has 0 unspecified atom stereocenters. The van der Waals surface area contributed by atoms with Crippen molar-refractivity contribution in [1.82, 2.24) is 28.9 Å². The van der Waals surface area contributed by atoms with Gasteiger partial charge >= 0.3 is 0 Å². The normalized spacial score (nSPS) is 15.3. The number of ether oxygens (including phenoxy) is 2. The van der Waals surface area contributed by atoms with Crippen LogP contribution in [-0.4, -0.2) is 93.1 Å². The van der Waals surface area contributed by atoms with Crippen LogP contribution >= 0.6 is 34.7 Å². The summed E-state index contributed by atoms with van der Waals surface area (Å²) >= 11 is 6.90. The molecule has 0 atom stereocenters. The summed E-state index contributed by atoms with van der Waals surface area (Å²) in [6, 6.07) is 0.848. The Hall–Kier alpha value is -3.23. The van der Waals surface area contributed by atoms with Crippen molar-refractivity contribution in [2.24, 2.45) is 0 Å². The SMILES string of the molecule is C1COCCN1.O=S(=O)(Nc1nc(CCl)ns1)c1cc(F)c(F)cc1F.O=S(=O)(Nc1nc(CN2CCOCC2)ns1)c1cc(F)c(F)cc1F. The van der Waals surface area contributed by atoms with Crippen LogP contribution in [0, 0.1) is 34.9 Å². The fraction of sp³-hybridized carbons (Fsp3) is 0.385. The molecule has 2 aromatic heterocycles. The highest BCUT2D eigenvalue weighted by Gasteiger charge is 2.25. The Morgan fingerprint density at radius 1 is 0.686 bits per heavy atom. The van der Waals surface area contributed by atoms with Crippen LogP contribution in [0.4, 0.5) is 36.6 Å². The van der Waals surface area contributed by atoms with Crippen LogP contribution in [0.3, 0.4) is 0 Å². The number of hydrogen-bond acceptors (Lipinski definition) is 14. The maximum Gasteiger partial charge on any atom is 0.266 e. The number of nitrogens with zero attached hydrogens (tertiary/aromatic N) is 5. The van der Waals surface area contributed by atoms with Gasteiger partial charge in [0.15, 0.2) is 34.9 Å². The first-order chi connectivity index (χ1) is 24.2. The van der Waals surface area contributed by atoms with E-state index in [0.29, 0.717) is 50.2 Å². The highest BCUT2D eigenvalue weighted by atomic mass is 35.5. The van der Waals surface area contributed by atoms with Gasteiger partial charge in [0.2, 0.25) is 10.3 Å². The van der Waals surface area contributed by atoms with Gasteiger partial charge in [-0.05, 0) is 0 Å². The van der Waals surface area contributed by atoms with E-state index in [4.69, 9.17) is 21.1 Å². The summed E-state index contributed by atoms with van der Waals surface area (Å²) in [4.78, 5) is 7.74. The van der Waals surface area contributed by atoms with Gasteiger partial charge in [0.25, 0.3) is 20.0 Å². The Bertz CT molecular complexity index is 1990. The van der Waals surface area contributed by atoms with Crippen LogP contribution < -0.4 is 14.8 Å². The second-order valence-electron chi connectivity index (χ2n) is 10.0. The molecule has 280 valence electrons. The molecule has 4 heterocycles. The number of rotatable bonds is 9. The van der Waals surface area contributed by atoms with Gasteiger partial charge < -0.3 is 14.8 Å². The highest BCUT2D eigenvalue weighted by Crippen LogP contribution is 2.24. The molecule has 2 saturated heterocycles. The van der Waals surface area contributed by atoms with Crippen LogP contribution in [0.2, 0.25) is 0 Å². The van der Waals surface area contributed by atoms with Gasteiger partial charge in [0.1, 0.15) is 21.4 Å². The maximum absolute atomic E-state index is 13.7. The minimum Gasteiger partial charge on any atom is -0.379 e. The molecule has 2 aliphatic rings. The van der Waals surface area contributed by atoms with Crippen LogP contribution in [0.1, 0.15) is 11.6 Å². The Morgan fingerprint density at radius 2 is 1.12 bits per heavy atom. The molecule has 0 spiro atoms. The number of sulfonamides is 2. The first-order valence-corrected chi connectivity index (χ1v) is 19.4. The lowest BCUT2D eigenvalue weighted by atomic mass is 10.3. The average Bonchev–Trinajstić information content (AvgIpc) is 3.74. The van der Waals surface area contributed by atoms with Gasteiger partial charge in [-0.25, -0.2) is 53.1 Å². The van der Waals surface area contributed by atoms with E-state index in [0.717, 1.165) is 37.8 Å². The lowest BCUT2D eigenvalue weighted by Gasteiger charge is -2.25. The molecular formula is C26H27ClF6N8O6S4. The van der Waals surface area contributed by atoms with E-state index in [-0.39, 0.29) is 46.2 Å². The lowest BCUT2D eigenvalue weighted by Crippen LogP contribution is -2.35. The van der Waals surface area contributed by atoms with E-state index in [9.17, 15) is 43.2 Å². The molecule has 25 heteroatoms. The zero-order valence-electron chi connectivity index (χ0n) is 25.8. The van der Waals surface area contributed by atoms with E-state index in [1.807, 2.05) is 14.3 Å². The third kappa shape index (κ3) is 11.9. The molecule has 14 nitrogen and oxygen atoms in total. The van der Waals surface area contributed by atoms with Gasteiger partial charge in [-0.15, -0.1) is 11.6 Å². The number of morpholine rings is 2. The Balaban J connectivity index is 0.000000200. The molecule has 0 aliphatic carbocycles. The zero-order chi connectivity index (χ0) is 37.2. The molecular weight excluding hydrogens is 798 g/mol. The predicted molar refractivity (Wildman–Crippen MR) is 173 cm³/mol. The molecule has 0 amide bonds. The van der Waals surface area contributed by atoms with Crippen LogP contribution in [-0.2, 0) is 41.9 Å². The predicted octanol–water partition coefficient (Wildman–Crippen LogP) is 3.69. The van der Waals surface area contributed by atoms with E-state index < -0.39 is 64.7 Å². The largest absolute Gasteiger partial charge is 0.379 e. The van der Waals surface area contributed by atoms with Crippen molar-refractivity contribution in [3.8, 4) is 0 Å². The molecule has 0 saturated carbocycles. The highest BCUT2D eigenvalue weighted by molar-refractivity contribution is 7.93. The number of nitrogens with one attached hydrogen (secondary N) is 3. The van der Waals surface area contributed by atoms with E-state index >= 15 is 0 Å². The fourth-order valence-electron chi connectivity index (χ4n) is 3.94. The number of aromatic nitrogens is 4. The number of halogens is 7. The molecule has 2 aromatic carbocycles. The first-order valence-electron chi connectivity index (χ1n) is 14.3. The fourth-order valence-corrected chi connectivity index (χ4v) is 7.89. The minimum atomic E-state index is -4.46. The van der Waals surface area contributed by atoms with Crippen molar-refractivity contribution in [3.05, 3.63) is 70.8 Å². The molecule has 3 N–H and O–H groups in total. The lowest BCUT2D eigenvalue weighted by molar-refractivity contribution is 0.0332. The van der Waals surface area contributed by atoms with Crippen molar-refractivity contribution >= 4 is 65.0 Å². The van der Waals surface area contributed by atoms with Crippen molar-refractivity contribution in [2.45, 2.75) is 22.2 Å². The Morgan fingerprint density at radius 3 is 1.53 bits per heavy atom. The number of benzene rings is 2. The molecule has 2 fully saturated rings. The summed E-state index contributed by atoms with van der Waals surface area (Å²) in [6.45, 7) is 6.86. The van der Waals surface area contributed by atoms with Gasteiger partial charge in [-0.1, -0.05) is 0 Å². The summed E-state index contributed by atoms with van der Waals surface area (Å²) < 4.78 is 149. The van der Waals surface area contributed by atoms with E-state index in [1.165, 1.54) is 0 Å². The molecule has 4 aromatic rings. The summed E-state index contributed by atoms with van der Waals surface area (Å²) in [5, 5.41) is 2.91. The summed E-state index contributed by atoms with van der Waals surface area (Å²) in [5.74, 6) is -8.17. The average molecular weight is 825 g/mol. The number of anilines is 2. The summed E-state index contributed by atoms with van der Waals surface area (Å²) in [5.41, 5.74) is 0. The third-order valence-electron chi connectivity index (χ3n) is 6.34. The van der Waals surface area contributed by atoms with Crippen molar-refractivity contribution in [2.75, 3.05) is 62.1 Å². The van der Waals surface area contributed by atoms with Crippen molar-refractivity contribution in [3.63, 3.8) is 0 Å². The first kappa shape index (κ1) is 40.5. The Labute approximate surface area is 300 Å². The van der Waals surface area contributed by atoms with Gasteiger partial charge in [-0.2, -0.15) is 8.75 Å². The zero-order valence-corrected chi connectivity index (χ0v) is 29.9. The van der Waals surface area contributed by atoms with Gasteiger partial charge in [0, 0.05) is 73.5 Å². The Kier molecular flexibility index (Phi) is 14.7. The van der Waals surface area contributed by atoms with E-state index in [1.54, 1.807) is 0 Å². The number of alkyl halides is 1. The van der Waals surface area contributed by atoms with Crippen LogP contribution in [0.15, 0.2) is 34.1 Å². The second-order valence-corrected chi connectivity index (χ2v) is 15.1. The minimum absolute atomic E-state index is 0.0300. The molecule has 0 bridgehead atoms. The monoisotopic (exact) mass is 824 g/mol. The quantitative estimate of drug-likeness (QED) is 0.127. The smallest absolute Gasteiger partial charge is 0.266 e. The summed E-state index contributed by atoms with van der Waals surface area (Å²) in [6.07, 6.45) is 0. The van der Waals surface area contributed by atoms with E-state index in [2.05, 4.69) is 24.0 Å². The summed E-state index contributed by atoms with van der Waals surface area (Å²) in [7, 11) is -8.91. The van der Waals surface area contributed by atoms with Gasteiger partial charge in [-0.3, -0.25) is 14.3 Å². The van der Waals surface area contributed by atoms with Crippen LogP contribution in [0.5, 0.6) is 0 Å². The van der Waals surface area contributed by atoms with Crippen LogP contribution in [0.25, 0.3) is 0 Å². The molecule has 6 rings (SSSR count). The molecule has 2 aliphatic heterocycles. The molecule has 0 radical (unpaired) electrons. The van der Waals surface area contributed by atoms with Gasteiger partial charge in [0.05, 0.1) is 38.9 Å². The topological polar surface area (TPSA) is 178 Å². The third-order valence-corrected chi connectivity index (χ3v) is 10.9. The van der Waals surface area contributed by atoms with Crippen molar-refractivity contribution < 1.29 is 52.7 Å². The maximum atomic E-state index is 13.7. The number of hydrogen-bond donors (Lipinski definition) is 3. The standard InChI is InChI=1S/C13H13F3N4O3S2.C9H5ClF3N3O2S2.C4H9NO/c14-8-5-10(16)11(6-9(8)15)25(21,22)19-13-17-12(18-24-13)7-20-1-3-23-4-2-20;10-3-8-14-9(19-15-8)16-20(17,18)7-2-5(12)4(11)1-6(7)13;1-3-6-4-2-5-1/h5-6H,1-4,7H2,(H,17,18,19);1-2H,3H2,(H,14,15,16);5H,1-4H2. The molecule has 51 heavy (non-hydrogen) atoms. The second kappa shape index (κ2) is 18.5. The van der Waals surface area contributed by atoms with Crippen molar-refractivity contribution in [1.29, 1.82) is 0 Å².